The van der Waals surface area contributed by atoms with Crippen LogP contribution in [0.4, 0.5) is 0 Å². The third-order valence-electron chi connectivity index (χ3n) is 14.2. The molecule has 0 aliphatic heterocycles. The molecule has 0 heterocycles. The lowest BCUT2D eigenvalue weighted by molar-refractivity contribution is -0.214. The van der Waals surface area contributed by atoms with Crippen molar-refractivity contribution >= 4 is 5.97 Å². The van der Waals surface area contributed by atoms with Crippen LogP contribution in [0.3, 0.4) is 0 Å². The van der Waals surface area contributed by atoms with E-state index in [0.717, 1.165) is 67.6 Å². The maximum atomic E-state index is 13.0. The van der Waals surface area contributed by atoms with Crippen LogP contribution in [0.5, 0.6) is 0 Å². The molecule has 4 aliphatic rings. The molecule has 0 aromatic carbocycles. The van der Waals surface area contributed by atoms with Gasteiger partial charge in [0, 0.05) is 6.42 Å². The lowest BCUT2D eigenvalue weighted by Crippen LogP contribution is -2.51. The molecule has 0 aromatic heterocycles. The number of allylic oxidation sites excluding steroid dienone is 4. The molecule has 0 radical (unpaired) electrons. The van der Waals surface area contributed by atoms with Gasteiger partial charge in [0.15, 0.2) is 0 Å². The van der Waals surface area contributed by atoms with Gasteiger partial charge in [0.25, 0.3) is 0 Å². The number of hydrogen-bond donors (Lipinski definition) is 1. The number of carbonyl (C=O) groups is 1. The second-order valence-corrected chi connectivity index (χ2v) is 17.9. The number of ether oxygens (including phenoxy) is 1. The molecule has 0 unspecified atom stereocenters. The topological polar surface area (TPSA) is 55.8 Å². The van der Waals surface area contributed by atoms with E-state index in [1.165, 1.54) is 121 Å². The van der Waals surface area contributed by atoms with Gasteiger partial charge in [-0.1, -0.05) is 149 Å². The van der Waals surface area contributed by atoms with Crippen LogP contribution in [0.2, 0.25) is 0 Å². The predicted molar refractivity (Wildman–Crippen MR) is 205 cm³/mol. The molecule has 49 heavy (non-hydrogen) atoms. The summed E-state index contributed by atoms with van der Waals surface area (Å²) in [5.41, 5.74) is 2.23. The summed E-state index contributed by atoms with van der Waals surface area (Å²) in [4.78, 5) is 17.5. The second-order valence-electron chi connectivity index (χ2n) is 17.9. The maximum Gasteiger partial charge on any atom is 0.378 e. The summed E-state index contributed by atoms with van der Waals surface area (Å²) in [6, 6.07) is 0. The molecule has 3 saturated carbocycles. The zero-order chi connectivity index (χ0) is 35.3. The molecule has 0 bridgehead atoms. The minimum absolute atomic E-state index is 0.123. The number of esters is 1. The van der Waals surface area contributed by atoms with Gasteiger partial charge in [0.1, 0.15) is 6.10 Å². The van der Waals surface area contributed by atoms with E-state index in [4.69, 9.17) is 4.74 Å². The molecule has 0 spiro atoms. The summed E-state index contributed by atoms with van der Waals surface area (Å²) in [6.45, 7) is 14.8. The zero-order valence-corrected chi connectivity index (χ0v) is 32.8. The Morgan fingerprint density at radius 1 is 0.878 bits per heavy atom. The summed E-state index contributed by atoms with van der Waals surface area (Å²) < 4.78 is 5.95. The van der Waals surface area contributed by atoms with Crippen molar-refractivity contribution in [1.82, 2.24) is 0 Å². The van der Waals surface area contributed by atoms with Gasteiger partial charge in [-0.05, 0) is 110 Å². The first-order valence-electron chi connectivity index (χ1n) is 21.2. The van der Waals surface area contributed by atoms with E-state index in [1.54, 1.807) is 6.08 Å². The highest BCUT2D eigenvalue weighted by Crippen LogP contribution is 2.67. The molecule has 4 heteroatoms. The molecule has 0 saturated heterocycles. The molecule has 0 aromatic rings. The van der Waals surface area contributed by atoms with Crippen molar-refractivity contribution in [2.24, 2.45) is 46.3 Å². The van der Waals surface area contributed by atoms with E-state index < -0.39 is 5.97 Å². The van der Waals surface area contributed by atoms with Crippen LogP contribution in [0.15, 0.2) is 35.6 Å². The summed E-state index contributed by atoms with van der Waals surface area (Å²) in [5.74, 6) is 4.26. The van der Waals surface area contributed by atoms with Crippen molar-refractivity contribution in [3.8, 4) is 0 Å². The molecule has 4 rings (SSSR count). The van der Waals surface area contributed by atoms with Crippen LogP contribution in [-0.2, 0) is 14.4 Å². The van der Waals surface area contributed by atoms with Gasteiger partial charge < -0.3 is 9.62 Å². The van der Waals surface area contributed by atoms with Gasteiger partial charge in [-0.2, -0.15) is 0 Å². The van der Waals surface area contributed by atoms with Crippen LogP contribution in [0, 0.1) is 46.3 Å². The zero-order valence-electron chi connectivity index (χ0n) is 32.8. The van der Waals surface area contributed by atoms with E-state index in [0.29, 0.717) is 5.41 Å². The van der Waals surface area contributed by atoms with Crippen molar-refractivity contribution in [3.05, 3.63) is 35.6 Å². The third-order valence-corrected chi connectivity index (χ3v) is 14.2. The first kappa shape index (κ1) is 40.2. The normalized spacial score (nSPS) is 32.0. The van der Waals surface area contributed by atoms with Gasteiger partial charge in [0.2, 0.25) is 5.76 Å². The molecular weight excluding hydrogens is 604 g/mol. The summed E-state index contributed by atoms with van der Waals surface area (Å²) in [7, 11) is 0. The number of unbranched alkanes of at least 4 members (excludes halogenated alkanes) is 11. The van der Waals surface area contributed by atoms with E-state index >= 15 is 0 Å². The van der Waals surface area contributed by atoms with Crippen molar-refractivity contribution in [2.45, 2.75) is 195 Å². The van der Waals surface area contributed by atoms with E-state index in [-0.39, 0.29) is 17.3 Å². The first-order valence-corrected chi connectivity index (χ1v) is 21.2. The number of fused-ring (bicyclic) bond motifs is 5. The van der Waals surface area contributed by atoms with Crippen LogP contribution >= 0.6 is 0 Å². The Kier molecular flexibility index (Phi) is 16.3. The van der Waals surface area contributed by atoms with E-state index in [9.17, 15) is 10.1 Å². The fraction of sp³-hybridized carbons (Fsp3) is 0.844. The molecule has 4 nitrogen and oxygen atoms in total. The van der Waals surface area contributed by atoms with Crippen LogP contribution in [0.1, 0.15) is 189 Å². The summed E-state index contributed by atoms with van der Waals surface area (Å²) in [6.07, 6.45) is 37.2. The van der Waals surface area contributed by atoms with Gasteiger partial charge in [-0.15, -0.1) is 0 Å². The molecule has 280 valence electrons. The molecule has 0 amide bonds. The minimum atomic E-state index is -0.558. The highest BCUT2D eigenvalue weighted by atomic mass is 17.1. The van der Waals surface area contributed by atoms with Crippen molar-refractivity contribution in [2.75, 3.05) is 0 Å². The Labute approximate surface area is 302 Å². The summed E-state index contributed by atoms with van der Waals surface area (Å²) >= 11 is 0. The Morgan fingerprint density at radius 3 is 2.24 bits per heavy atom. The fourth-order valence-electron chi connectivity index (χ4n) is 11.3. The highest BCUT2D eigenvalue weighted by Gasteiger charge is 2.59. The monoisotopic (exact) mass is 681 g/mol. The lowest BCUT2D eigenvalue weighted by atomic mass is 9.47. The van der Waals surface area contributed by atoms with E-state index in [2.05, 4.69) is 58.6 Å². The third kappa shape index (κ3) is 10.7. The number of hydrogen-bond acceptors (Lipinski definition) is 4. The fourth-order valence-corrected chi connectivity index (χ4v) is 11.3. The molecule has 4 aliphatic carbocycles. The van der Waals surface area contributed by atoms with E-state index in [1.807, 2.05) is 6.08 Å². The Morgan fingerprint density at radius 2 is 1.57 bits per heavy atom. The lowest BCUT2D eigenvalue weighted by Gasteiger charge is -2.58. The average molecular weight is 681 g/mol. The van der Waals surface area contributed by atoms with Crippen LogP contribution < -0.4 is 0 Å². The Bertz CT molecular complexity index is 1090. The minimum Gasteiger partial charge on any atom is -0.456 e. The molecule has 8 atom stereocenters. The summed E-state index contributed by atoms with van der Waals surface area (Å²) in [5, 5.41) is 9.49. The Hall–Kier alpha value is -1.55. The Balaban J connectivity index is 1.20. The van der Waals surface area contributed by atoms with Crippen molar-refractivity contribution in [1.29, 1.82) is 0 Å². The first-order chi connectivity index (χ1) is 23.6. The van der Waals surface area contributed by atoms with Gasteiger partial charge in [-0.25, -0.2) is 10.1 Å². The standard InChI is InChI=1S/C45H76O4/c1-7-8-9-10-11-12-13-14-15-16-17-18-19-20-24-42(49-47)43(46)48-37-29-31-44(5)36(33-37)25-26-38-40-28-27-39(35(4)23-21-22-34(2)3)45(40,6)32-30-41(38)44/h19-20,24-25,34-35,37-41,47H,7-18,21-23,26-33H2,1-6H3/b20-19+,42-24-/t35-,37+,38+,39-,40+,41+,44+,45-/m1/s1. The van der Waals surface area contributed by atoms with Crippen LogP contribution in [0.25, 0.3) is 0 Å². The highest BCUT2D eigenvalue weighted by molar-refractivity contribution is 5.86. The average Bonchev–Trinajstić information content (AvgIpc) is 3.44. The van der Waals surface area contributed by atoms with Gasteiger partial charge in [-0.3, -0.25) is 0 Å². The SMILES string of the molecule is CCCCCCCCCCCCC/C=C/C=C(\OO)C(=O)O[C@H]1CC[C@@]2(C)C(=CC[C@H]3[C@@H]4CC[C@H]([C@H](C)CCCC(C)C)[C@@]4(C)CC[C@@H]32)C1. The quantitative estimate of drug-likeness (QED) is 0.0192. The smallest absolute Gasteiger partial charge is 0.378 e. The number of rotatable bonds is 21. The number of carbonyl (C=O) groups excluding carboxylic acids is 1. The predicted octanol–water partition coefficient (Wildman–Crippen LogP) is 13.6. The van der Waals surface area contributed by atoms with Crippen molar-refractivity contribution < 1.29 is 19.7 Å². The maximum absolute atomic E-state index is 13.0. The van der Waals surface area contributed by atoms with Crippen molar-refractivity contribution in [3.63, 3.8) is 0 Å². The van der Waals surface area contributed by atoms with Gasteiger partial charge >= 0.3 is 5.97 Å². The largest absolute Gasteiger partial charge is 0.456 e. The molecule has 1 N–H and O–H groups in total. The van der Waals surface area contributed by atoms with Gasteiger partial charge in [0.05, 0.1) is 0 Å². The second kappa shape index (κ2) is 19.9. The van der Waals surface area contributed by atoms with Crippen LogP contribution in [-0.4, -0.2) is 17.3 Å². The molecular formula is C45H76O4. The molecule has 3 fully saturated rings.